The van der Waals surface area contributed by atoms with Crippen LogP contribution in [-0.2, 0) is 4.79 Å². The second kappa shape index (κ2) is 7.17. The number of amides is 1. The van der Waals surface area contributed by atoms with Crippen LogP contribution in [0.3, 0.4) is 0 Å². The highest BCUT2D eigenvalue weighted by atomic mass is 16.3. The van der Waals surface area contributed by atoms with Gasteiger partial charge in [-0.25, -0.2) is 0 Å². The van der Waals surface area contributed by atoms with Crippen molar-refractivity contribution in [3.05, 3.63) is 35.9 Å². The molecule has 0 aromatic heterocycles. The summed E-state index contributed by atoms with van der Waals surface area (Å²) in [6, 6.07) is 9.80. The number of nitrogens with one attached hydrogen (secondary N) is 1. The third-order valence-corrected chi connectivity index (χ3v) is 3.01. The SMILES string of the molecule is CCC(C(=O)NC(C)CC(C)O)c1ccccc1. The van der Waals surface area contributed by atoms with Gasteiger partial charge in [-0.05, 0) is 32.3 Å². The van der Waals surface area contributed by atoms with Gasteiger partial charge in [0.25, 0.3) is 0 Å². The Morgan fingerprint density at radius 1 is 1.28 bits per heavy atom. The largest absolute Gasteiger partial charge is 0.393 e. The molecule has 0 fully saturated rings. The average Bonchev–Trinajstić information content (AvgIpc) is 2.29. The summed E-state index contributed by atoms with van der Waals surface area (Å²) in [7, 11) is 0. The number of rotatable bonds is 6. The Balaban J connectivity index is 2.63. The summed E-state index contributed by atoms with van der Waals surface area (Å²) >= 11 is 0. The molecule has 3 atom stereocenters. The lowest BCUT2D eigenvalue weighted by Crippen LogP contribution is -2.37. The molecule has 0 saturated carbocycles. The summed E-state index contributed by atoms with van der Waals surface area (Å²) < 4.78 is 0. The lowest BCUT2D eigenvalue weighted by atomic mass is 9.95. The van der Waals surface area contributed by atoms with Gasteiger partial charge in [-0.2, -0.15) is 0 Å². The monoisotopic (exact) mass is 249 g/mol. The van der Waals surface area contributed by atoms with Gasteiger partial charge in [0.2, 0.25) is 5.91 Å². The van der Waals surface area contributed by atoms with Gasteiger partial charge in [-0.3, -0.25) is 4.79 Å². The van der Waals surface area contributed by atoms with Crippen molar-refractivity contribution >= 4 is 5.91 Å². The Bertz CT molecular complexity index is 362. The molecule has 3 nitrogen and oxygen atoms in total. The van der Waals surface area contributed by atoms with Crippen molar-refractivity contribution in [1.82, 2.24) is 5.32 Å². The van der Waals surface area contributed by atoms with Gasteiger partial charge < -0.3 is 10.4 Å². The van der Waals surface area contributed by atoms with Crippen LogP contribution < -0.4 is 5.32 Å². The lowest BCUT2D eigenvalue weighted by molar-refractivity contribution is -0.123. The van der Waals surface area contributed by atoms with Crippen LogP contribution in [0, 0.1) is 0 Å². The Labute approximate surface area is 109 Å². The Kier molecular flexibility index (Phi) is 5.86. The standard InChI is InChI=1S/C15H23NO2/c1-4-14(13-8-6-5-7-9-13)15(18)16-11(2)10-12(3)17/h5-9,11-12,14,17H,4,10H2,1-3H3,(H,16,18). The van der Waals surface area contributed by atoms with Gasteiger partial charge in [-0.15, -0.1) is 0 Å². The highest BCUT2D eigenvalue weighted by Crippen LogP contribution is 2.19. The van der Waals surface area contributed by atoms with Crippen molar-refractivity contribution in [2.75, 3.05) is 0 Å². The zero-order chi connectivity index (χ0) is 13.5. The zero-order valence-corrected chi connectivity index (χ0v) is 11.4. The van der Waals surface area contributed by atoms with Crippen molar-refractivity contribution < 1.29 is 9.90 Å². The predicted octanol–water partition coefficient (Wildman–Crippen LogP) is 2.46. The molecule has 0 aliphatic rings. The van der Waals surface area contributed by atoms with E-state index in [0.29, 0.717) is 6.42 Å². The van der Waals surface area contributed by atoms with Crippen LogP contribution in [0.4, 0.5) is 0 Å². The van der Waals surface area contributed by atoms with E-state index >= 15 is 0 Å². The Morgan fingerprint density at radius 2 is 1.89 bits per heavy atom. The van der Waals surface area contributed by atoms with Gasteiger partial charge in [-0.1, -0.05) is 37.3 Å². The summed E-state index contributed by atoms with van der Waals surface area (Å²) in [5.41, 5.74) is 1.04. The molecule has 1 amide bonds. The third-order valence-electron chi connectivity index (χ3n) is 3.01. The zero-order valence-electron chi connectivity index (χ0n) is 11.4. The first kappa shape index (κ1) is 14.7. The van der Waals surface area contributed by atoms with E-state index in [1.807, 2.05) is 44.2 Å². The second-order valence-corrected chi connectivity index (χ2v) is 4.87. The van der Waals surface area contributed by atoms with Gasteiger partial charge in [0, 0.05) is 6.04 Å². The number of benzene rings is 1. The minimum atomic E-state index is -0.392. The van der Waals surface area contributed by atoms with Gasteiger partial charge in [0.05, 0.1) is 12.0 Å². The van der Waals surface area contributed by atoms with Gasteiger partial charge in [0.15, 0.2) is 0 Å². The van der Waals surface area contributed by atoms with E-state index in [9.17, 15) is 9.90 Å². The summed E-state index contributed by atoms with van der Waals surface area (Å²) in [4.78, 5) is 12.2. The molecule has 1 rings (SSSR count). The maximum absolute atomic E-state index is 12.2. The predicted molar refractivity (Wildman–Crippen MR) is 73.4 cm³/mol. The Hall–Kier alpha value is -1.35. The normalized spacial score (nSPS) is 15.8. The highest BCUT2D eigenvalue weighted by molar-refractivity contribution is 5.83. The molecule has 3 heteroatoms. The fourth-order valence-electron chi connectivity index (χ4n) is 2.17. The molecule has 100 valence electrons. The number of carbonyl (C=O) groups is 1. The molecule has 0 saturated heterocycles. The van der Waals surface area contributed by atoms with E-state index in [0.717, 1.165) is 12.0 Å². The lowest BCUT2D eigenvalue weighted by Gasteiger charge is -2.20. The minimum Gasteiger partial charge on any atom is -0.393 e. The van der Waals surface area contributed by atoms with Crippen LogP contribution in [-0.4, -0.2) is 23.2 Å². The van der Waals surface area contributed by atoms with E-state index in [1.165, 1.54) is 0 Å². The van der Waals surface area contributed by atoms with Crippen LogP contribution >= 0.6 is 0 Å². The van der Waals surface area contributed by atoms with Crippen molar-refractivity contribution in [2.45, 2.75) is 51.7 Å². The maximum Gasteiger partial charge on any atom is 0.227 e. The maximum atomic E-state index is 12.2. The molecule has 0 heterocycles. The summed E-state index contributed by atoms with van der Waals surface area (Å²) in [5.74, 6) is -0.0699. The van der Waals surface area contributed by atoms with E-state index in [2.05, 4.69) is 5.32 Å². The number of aliphatic hydroxyl groups is 1. The van der Waals surface area contributed by atoms with E-state index in [1.54, 1.807) is 6.92 Å². The molecule has 0 spiro atoms. The fraction of sp³-hybridized carbons (Fsp3) is 0.533. The smallest absolute Gasteiger partial charge is 0.227 e. The topological polar surface area (TPSA) is 49.3 Å². The van der Waals surface area contributed by atoms with Gasteiger partial charge in [0.1, 0.15) is 0 Å². The van der Waals surface area contributed by atoms with Crippen LogP contribution in [0.2, 0.25) is 0 Å². The molecular weight excluding hydrogens is 226 g/mol. The summed E-state index contributed by atoms with van der Waals surface area (Å²) in [6.07, 6.45) is 0.964. The first-order valence-corrected chi connectivity index (χ1v) is 6.58. The quantitative estimate of drug-likeness (QED) is 0.813. The van der Waals surface area contributed by atoms with E-state index < -0.39 is 6.10 Å². The summed E-state index contributed by atoms with van der Waals surface area (Å²) in [6.45, 7) is 5.66. The molecule has 3 unspecified atom stereocenters. The van der Waals surface area contributed by atoms with Crippen LogP contribution in [0.15, 0.2) is 30.3 Å². The molecular formula is C15H23NO2. The molecule has 1 aromatic carbocycles. The first-order chi connectivity index (χ1) is 8.54. The number of hydrogen-bond acceptors (Lipinski definition) is 2. The Morgan fingerprint density at radius 3 is 2.39 bits per heavy atom. The first-order valence-electron chi connectivity index (χ1n) is 6.58. The van der Waals surface area contributed by atoms with E-state index in [-0.39, 0.29) is 17.9 Å². The van der Waals surface area contributed by atoms with E-state index in [4.69, 9.17) is 0 Å². The molecule has 0 aliphatic heterocycles. The molecule has 0 bridgehead atoms. The summed E-state index contributed by atoms with van der Waals surface area (Å²) in [5, 5.41) is 12.3. The molecule has 2 N–H and O–H groups in total. The molecule has 18 heavy (non-hydrogen) atoms. The van der Waals surface area contributed by atoms with Crippen LogP contribution in [0.1, 0.15) is 45.1 Å². The van der Waals surface area contributed by atoms with Crippen LogP contribution in [0.5, 0.6) is 0 Å². The van der Waals surface area contributed by atoms with Crippen molar-refractivity contribution in [3.8, 4) is 0 Å². The number of hydrogen-bond donors (Lipinski definition) is 2. The molecule has 0 radical (unpaired) electrons. The fourth-order valence-corrected chi connectivity index (χ4v) is 2.17. The third kappa shape index (κ3) is 4.49. The van der Waals surface area contributed by atoms with Gasteiger partial charge >= 0.3 is 0 Å². The number of carbonyl (C=O) groups excluding carboxylic acids is 1. The highest BCUT2D eigenvalue weighted by Gasteiger charge is 2.20. The number of aliphatic hydroxyl groups excluding tert-OH is 1. The van der Waals surface area contributed by atoms with Crippen molar-refractivity contribution in [3.63, 3.8) is 0 Å². The second-order valence-electron chi connectivity index (χ2n) is 4.87. The van der Waals surface area contributed by atoms with Crippen molar-refractivity contribution in [2.24, 2.45) is 0 Å². The van der Waals surface area contributed by atoms with Crippen LogP contribution in [0.25, 0.3) is 0 Å². The minimum absolute atomic E-state index is 0.00439. The van der Waals surface area contributed by atoms with Crippen molar-refractivity contribution in [1.29, 1.82) is 0 Å². The average molecular weight is 249 g/mol. The molecule has 1 aromatic rings. The molecule has 0 aliphatic carbocycles.